The minimum absolute atomic E-state index is 0. The third-order valence-corrected chi connectivity index (χ3v) is 5.34. The summed E-state index contributed by atoms with van der Waals surface area (Å²) >= 11 is 0. The van der Waals surface area contributed by atoms with Crippen molar-refractivity contribution in [3.63, 3.8) is 0 Å². The molecule has 3 rings (SSSR count). The van der Waals surface area contributed by atoms with Crippen molar-refractivity contribution < 1.29 is 9.47 Å². The number of nitrogens with zero attached hydrogens (tertiary/aromatic N) is 1. The molecule has 1 aliphatic heterocycles. The van der Waals surface area contributed by atoms with Gasteiger partial charge in [0.15, 0.2) is 5.96 Å². The molecule has 0 aromatic heterocycles. The highest BCUT2D eigenvalue weighted by molar-refractivity contribution is 14.0. The number of nitrogens with one attached hydrogen (secondary N) is 2. The zero-order valence-electron chi connectivity index (χ0n) is 18.2. The second-order valence-electron chi connectivity index (χ2n) is 7.77. The van der Waals surface area contributed by atoms with Gasteiger partial charge >= 0.3 is 0 Å². The van der Waals surface area contributed by atoms with Gasteiger partial charge in [0, 0.05) is 38.2 Å². The number of rotatable bonds is 8. The Labute approximate surface area is 197 Å². The molecular weight excluding hydrogens is 489 g/mol. The fraction of sp³-hybridized carbons (Fsp3) is 0.458. The molecule has 164 valence electrons. The van der Waals surface area contributed by atoms with Crippen LogP contribution in [0.1, 0.15) is 36.0 Å². The zero-order valence-corrected chi connectivity index (χ0v) is 20.5. The number of ether oxygens (including phenoxy) is 2. The second kappa shape index (κ2) is 12.8. The van der Waals surface area contributed by atoms with E-state index >= 15 is 0 Å². The molecule has 0 saturated carbocycles. The number of aliphatic imine (C=N–C) groups is 1. The smallest absolute Gasteiger partial charge is 0.191 e. The molecule has 2 N–H and O–H groups in total. The monoisotopic (exact) mass is 523 g/mol. The molecule has 2 atom stereocenters. The Kier molecular flexibility index (Phi) is 10.4. The predicted octanol–water partition coefficient (Wildman–Crippen LogP) is 4.50. The van der Waals surface area contributed by atoms with Crippen LogP contribution < -0.4 is 15.4 Å². The molecule has 6 heteroatoms. The van der Waals surface area contributed by atoms with E-state index in [1.165, 1.54) is 11.1 Å². The highest BCUT2D eigenvalue weighted by Crippen LogP contribution is 2.22. The van der Waals surface area contributed by atoms with Crippen LogP contribution in [0.15, 0.2) is 53.5 Å². The van der Waals surface area contributed by atoms with Crippen LogP contribution in [0.2, 0.25) is 0 Å². The summed E-state index contributed by atoms with van der Waals surface area (Å²) in [6.07, 6.45) is 1.08. The third kappa shape index (κ3) is 7.47. The van der Waals surface area contributed by atoms with E-state index in [0.29, 0.717) is 25.0 Å². The van der Waals surface area contributed by atoms with E-state index in [9.17, 15) is 0 Å². The quantitative estimate of drug-likeness (QED) is 0.304. The highest BCUT2D eigenvalue weighted by Gasteiger charge is 2.17. The average molecular weight is 523 g/mol. The maximum Gasteiger partial charge on any atom is 0.191 e. The first-order valence-corrected chi connectivity index (χ1v) is 10.4. The Morgan fingerprint density at radius 3 is 2.70 bits per heavy atom. The van der Waals surface area contributed by atoms with Gasteiger partial charge < -0.3 is 20.1 Å². The minimum Gasteiger partial charge on any atom is -0.493 e. The Hall–Kier alpha value is -1.80. The van der Waals surface area contributed by atoms with Gasteiger partial charge in [0.1, 0.15) is 5.75 Å². The fourth-order valence-electron chi connectivity index (χ4n) is 3.41. The molecule has 1 heterocycles. The molecule has 2 unspecified atom stereocenters. The molecule has 1 aliphatic rings. The summed E-state index contributed by atoms with van der Waals surface area (Å²) in [6.45, 7) is 8.15. The molecule has 2 aromatic carbocycles. The van der Waals surface area contributed by atoms with Gasteiger partial charge in [0.25, 0.3) is 0 Å². The van der Waals surface area contributed by atoms with Crippen molar-refractivity contribution in [1.82, 2.24) is 10.6 Å². The van der Waals surface area contributed by atoms with Gasteiger partial charge in [-0.3, -0.25) is 4.99 Å². The van der Waals surface area contributed by atoms with Crippen molar-refractivity contribution in [3.05, 3.63) is 65.2 Å². The second-order valence-corrected chi connectivity index (χ2v) is 7.77. The fourth-order valence-corrected chi connectivity index (χ4v) is 3.41. The first kappa shape index (κ1) is 24.5. The van der Waals surface area contributed by atoms with E-state index in [1.807, 2.05) is 6.07 Å². The molecule has 0 bridgehead atoms. The van der Waals surface area contributed by atoms with Gasteiger partial charge in [-0.15, -0.1) is 24.0 Å². The van der Waals surface area contributed by atoms with Crippen LogP contribution in [0, 0.1) is 12.8 Å². The van der Waals surface area contributed by atoms with E-state index in [2.05, 4.69) is 71.9 Å². The molecule has 2 aromatic rings. The van der Waals surface area contributed by atoms with Crippen molar-refractivity contribution in [2.24, 2.45) is 10.9 Å². The van der Waals surface area contributed by atoms with Crippen molar-refractivity contribution in [3.8, 4) is 5.75 Å². The van der Waals surface area contributed by atoms with Crippen molar-refractivity contribution in [1.29, 1.82) is 0 Å². The summed E-state index contributed by atoms with van der Waals surface area (Å²) in [5.41, 5.74) is 3.65. The van der Waals surface area contributed by atoms with Crippen molar-refractivity contribution in [2.75, 3.05) is 33.4 Å². The number of aryl methyl sites for hydroxylation is 1. The third-order valence-electron chi connectivity index (χ3n) is 5.34. The van der Waals surface area contributed by atoms with Crippen LogP contribution in [0.3, 0.4) is 0 Å². The maximum atomic E-state index is 6.14. The molecule has 1 saturated heterocycles. The molecular formula is C24H34IN3O2. The summed E-state index contributed by atoms with van der Waals surface area (Å²) in [5.74, 6) is 2.63. The Morgan fingerprint density at radius 2 is 2.00 bits per heavy atom. The average Bonchev–Trinajstić information content (AvgIpc) is 3.27. The van der Waals surface area contributed by atoms with Crippen LogP contribution >= 0.6 is 24.0 Å². The molecule has 0 amide bonds. The first-order valence-electron chi connectivity index (χ1n) is 10.4. The summed E-state index contributed by atoms with van der Waals surface area (Å²) in [4.78, 5) is 4.36. The highest BCUT2D eigenvalue weighted by atomic mass is 127. The largest absolute Gasteiger partial charge is 0.493 e. The molecule has 30 heavy (non-hydrogen) atoms. The standard InChI is InChI=1S/C24H33N3O2.HI/c1-18-9-10-22(23(13-18)29-17-20-11-12-28-16-20)15-27-24(25-3)26-14-19(2)21-7-5-4-6-8-21;/h4-10,13,19-20H,11-12,14-17H2,1-3H3,(H2,25,26,27);1H. The van der Waals surface area contributed by atoms with Crippen molar-refractivity contribution >= 4 is 29.9 Å². The molecule has 0 spiro atoms. The lowest BCUT2D eigenvalue weighted by Gasteiger charge is -2.18. The summed E-state index contributed by atoms with van der Waals surface area (Å²) in [6, 6.07) is 16.9. The summed E-state index contributed by atoms with van der Waals surface area (Å²) < 4.78 is 11.6. The molecule has 0 aliphatic carbocycles. The van der Waals surface area contributed by atoms with Gasteiger partial charge in [-0.25, -0.2) is 0 Å². The lowest BCUT2D eigenvalue weighted by Crippen LogP contribution is -2.38. The lowest BCUT2D eigenvalue weighted by atomic mass is 10.0. The van der Waals surface area contributed by atoms with E-state index in [0.717, 1.165) is 43.5 Å². The summed E-state index contributed by atoms with van der Waals surface area (Å²) in [7, 11) is 1.80. The van der Waals surface area contributed by atoms with E-state index in [4.69, 9.17) is 9.47 Å². The molecule has 1 fully saturated rings. The lowest BCUT2D eigenvalue weighted by molar-refractivity contribution is 0.166. The van der Waals surface area contributed by atoms with Gasteiger partial charge in [-0.2, -0.15) is 0 Å². The van der Waals surface area contributed by atoms with Gasteiger partial charge in [-0.05, 0) is 36.5 Å². The Bertz CT molecular complexity index is 792. The number of benzene rings is 2. The predicted molar refractivity (Wildman–Crippen MR) is 134 cm³/mol. The van der Waals surface area contributed by atoms with E-state index in [-0.39, 0.29) is 24.0 Å². The van der Waals surface area contributed by atoms with Gasteiger partial charge in [0.2, 0.25) is 0 Å². The number of halogens is 1. The van der Waals surface area contributed by atoms with Gasteiger partial charge in [-0.1, -0.05) is 49.4 Å². The Balaban J connectivity index is 0.00000320. The number of hydrogen-bond acceptors (Lipinski definition) is 3. The minimum atomic E-state index is 0. The summed E-state index contributed by atoms with van der Waals surface area (Å²) in [5, 5.41) is 6.84. The normalized spacial score (nSPS) is 17.2. The van der Waals surface area contributed by atoms with E-state index in [1.54, 1.807) is 7.05 Å². The van der Waals surface area contributed by atoms with Gasteiger partial charge in [0.05, 0.1) is 13.2 Å². The van der Waals surface area contributed by atoms with E-state index < -0.39 is 0 Å². The topological polar surface area (TPSA) is 54.9 Å². The SMILES string of the molecule is CN=C(NCc1ccc(C)cc1OCC1CCOC1)NCC(C)c1ccccc1.I. The number of guanidine groups is 1. The Morgan fingerprint density at radius 1 is 1.20 bits per heavy atom. The van der Waals surface area contributed by atoms with Crippen LogP contribution in [0.25, 0.3) is 0 Å². The molecule has 0 radical (unpaired) electrons. The van der Waals surface area contributed by atoms with Crippen LogP contribution in [-0.4, -0.2) is 39.4 Å². The maximum absolute atomic E-state index is 6.14. The van der Waals surface area contributed by atoms with Crippen LogP contribution in [-0.2, 0) is 11.3 Å². The number of hydrogen-bond donors (Lipinski definition) is 2. The van der Waals surface area contributed by atoms with Crippen LogP contribution in [0.4, 0.5) is 0 Å². The van der Waals surface area contributed by atoms with Crippen molar-refractivity contribution in [2.45, 2.75) is 32.7 Å². The first-order chi connectivity index (χ1) is 14.2. The van der Waals surface area contributed by atoms with Crippen LogP contribution in [0.5, 0.6) is 5.75 Å². The zero-order chi connectivity index (χ0) is 20.5. The molecule has 5 nitrogen and oxygen atoms in total.